The van der Waals surface area contributed by atoms with Crippen molar-refractivity contribution < 1.29 is 31.9 Å². The second kappa shape index (κ2) is 8.46. The SMILES string of the molecule is Cc1cc(Oc2cc(N3CCC4(CC3)OC(=O)Nc3ncccc34)nc(C(F)(F)F)n2)cc2oc(=O)[nH]c12. The van der Waals surface area contributed by atoms with Gasteiger partial charge in [0.1, 0.15) is 23.0 Å². The number of hydrogen-bond donors (Lipinski definition) is 2. The highest BCUT2D eigenvalue weighted by Crippen LogP contribution is 2.43. The fourth-order valence-electron chi connectivity index (χ4n) is 4.82. The maximum atomic E-state index is 13.7. The molecule has 1 spiro atoms. The minimum Gasteiger partial charge on any atom is -0.439 e. The third kappa shape index (κ3) is 4.17. The van der Waals surface area contributed by atoms with Gasteiger partial charge < -0.3 is 18.8 Å². The second-order valence-corrected chi connectivity index (χ2v) is 9.01. The Bertz CT molecular complexity index is 1620. The van der Waals surface area contributed by atoms with E-state index in [1.54, 1.807) is 36.2 Å². The predicted molar refractivity (Wildman–Crippen MR) is 126 cm³/mol. The number of oxazole rings is 1. The van der Waals surface area contributed by atoms with Gasteiger partial charge in [-0.15, -0.1) is 0 Å². The number of aromatic nitrogens is 4. The molecule has 3 aromatic heterocycles. The van der Waals surface area contributed by atoms with Gasteiger partial charge in [0.2, 0.25) is 11.7 Å². The number of aryl methyl sites for hydroxylation is 1. The summed E-state index contributed by atoms with van der Waals surface area (Å²) in [6.45, 7) is 2.18. The largest absolute Gasteiger partial charge is 0.451 e. The number of aromatic amines is 1. The molecule has 4 aromatic rings. The van der Waals surface area contributed by atoms with Gasteiger partial charge in [-0.2, -0.15) is 18.2 Å². The van der Waals surface area contributed by atoms with Gasteiger partial charge in [-0.25, -0.2) is 19.6 Å². The third-order valence-corrected chi connectivity index (χ3v) is 6.57. The van der Waals surface area contributed by atoms with E-state index in [2.05, 4.69) is 25.3 Å². The first-order valence-electron chi connectivity index (χ1n) is 11.6. The van der Waals surface area contributed by atoms with Crippen LogP contribution in [0.4, 0.5) is 29.6 Å². The number of nitrogens with one attached hydrogen (secondary N) is 2. The fourth-order valence-corrected chi connectivity index (χ4v) is 4.82. The number of fused-ring (bicyclic) bond motifs is 3. The maximum Gasteiger partial charge on any atom is 0.451 e. The van der Waals surface area contributed by atoms with E-state index in [1.807, 2.05) is 0 Å². The molecule has 196 valence electrons. The van der Waals surface area contributed by atoms with Crippen LogP contribution in [0.25, 0.3) is 11.1 Å². The van der Waals surface area contributed by atoms with E-state index in [4.69, 9.17) is 13.9 Å². The Balaban J connectivity index is 1.30. The monoisotopic (exact) mass is 528 g/mol. The van der Waals surface area contributed by atoms with Crippen LogP contribution < -0.4 is 20.7 Å². The number of carbonyl (C=O) groups excluding carboxylic acids is 1. The van der Waals surface area contributed by atoms with Gasteiger partial charge in [0.25, 0.3) is 0 Å². The van der Waals surface area contributed by atoms with Crippen LogP contribution >= 0.6 is 0 Å². The van der Waals surface area contributed by atoms with E-state index >= 15 is 0 Å². The van der Waals surface area contributed by atoms with Crippen LogP contribution in [0.5, 0.6) is 11.6 Å². The lowest BCUT2D eigenvalue weighted by Gasteiger charge is -2.44. The van der Waals surface area contributed by atoms with Gasteiger partial charge >= 0.3 is 18.0 Å². The molecular weight excluding hydrogens is 509 g/mol. The molecule has 2 aliphatic rings. The molecule has 1 fully saturated rings. The molecule has 0 unspecified atom stereocenters. The lowest BCUT2D eigenvalue weighted by Crippen LogP contribution is -2.48. The first-order chi connectivity index (χ1) is 18.1. The van der Waals surface area contributed by atoms with Gasteiger partial charge in [0, 0.05) is 49.8 Å². The highest BCUT2D eigenvalue weighted by atomic mass is 19.4. The molecule has 1 amide bonds. The van der Waals surface area contributed by atoms with Gasteiger partial charge in [-0.3, -0.25) is 10.3 Å². The van der Waals surface area contributed by atoms with E-state index in [1.165, 1.54) is 12.1 Å². The summed E-state index contributed by atoms with van der Waals surface area (Å²) in [5, 5.41) is 2.57. The minimum atomic E-state index is -4.83. The fraction of sp³-hybridized carbons (Fsp3) is 0.292. The molecule has 5 heterocycles. The number of halogens is 3. The Morgan fingerprint density at radius 2 is 1.92 bits per heavy atom. The molecule has 0 saturated carbocycles. The number of nitrogens with zero attached hydrogens (tertiary/aromatic N) is 4. The van der Waals surface area contributed by atoms with Crippen molar-refractivity contribution in [3.8, 4) is 11.6 Å². The number of anilines is 2. The number of rotatable bonds is 3. The van der Waals surface area contributed by atoms with Gasteiger partial charge in [0.05, 0.1) is 5.52 Å². The molecule has 1 saturated heterocycles. The molecule has 1 aromatic carbocycles. The average molecular weight is 528 g/mol. The lowest BCUT2D eigenvalue weighted by molar-refractivity contribution is -0.145. The van der Waals surface area contributed by atoms with Crippen molar-refractivity contribution in [1.29, 1.82) is 0 Å². The van der Waals surface area contributed by atoms with Crippen molar-refractivity contribution in [3.05, 3.63) is 64.0 Å². The van der Waals surface area contributed by atoms with Gasteiger partial charge in [-0.1, -0.05) is 0 Å². The number of hydrogen-bond acceptors (Lipinski definition) is 9. The first-order valence-corrected chi connectivity index (χ1v) is 11.6. The summed E-state index contributed by atoms with van der Waals surface area (Å²) in [4.78, 5) is 39.4. The summed E-state index contributed by atoms with van der Waals surface area (Å²) in [5.41, 5.74) is 1.02. The molecular formula is C24H19F3N6O5. The van der Waals surface area contributed by atoms with Crippen molar-refractivity contribution in [3.63, 3.8) is 0 Å². The smallest absolute Gasteiger partial charge is 0.439 e. The number of amides is 1. The summed E-state index contributed by atoms with van der Waals surface area (Å²) in [7, 11) is 0. The normalized spacial score (nSPS) is 16.7. The van der Waals surface area contributed by atoms with Crippen molar-refractivity contribution in [2.45, 2.75) is 31.5 Å². The molecule has 0 atom stereocenters. The zero-order valence-electron chi connectivity index (χ0n) is 19.8. The lowest BCUT2D eigenvalue weighted by atomic mass is 9.83. The van der Waals surface area contributed by atoms with E-state index in [0.29, 0.717) is 35.3 Å². The quantitative estimate of drug-likeness (QED) is 0.394. The van der Waals surface area contributed by atoms with Crippen LogP contribution in [0.2, 0.25) is 0 Å². The Hall–Kier alpha value is -4.62. The van der Waals surface area contributed by atoms with E-state index in [-0.39, 0.29) is 36.1 Å². The predicted octanol–water partition coefficient (Wildman–Crippen LogP) is 4.48. The highest BCUT2D eigenvalue weighted by Gasteiger charge is 2.45. The Morgan fingerprint density at radius 1 is 1.13 bits per heavy atom. The Labute approximate surface area is 211 Å². The van der Waals surface area contributed by atoms with Crippen molar-refractivity contribution in [1.82, 2.24) is 19.9 Å². The molecule has 2 aliphatic heterocycles. The van der Waals surface area contributed by atoms with E-state index in [9.17, 15) is 22.8 Å². The van der Waals surface area contributed by atoms with Crippen molar-refractivity contribution in [2.24, 2.45) is 0 Å². The van der Waals surface area contributed by atoms with E-state index < -0.39 is 29.5 Å². The number of piperidine rings is 1. The third-order valence-electron chi connectivity index (χ3n) is 6.57. The summed E-state index contributed by atoms with van der Waals surface area (Å²) in [5.74, 6) is -1.81. The van der Waals surface area contributed by atoms with Crippen LogP contribution in [0, 0.1) is 6.92 Å². The summed E-state index contributed by atoms with van der Waals surface area (Å²) >= 11 is 0. The van der Waals surface area contributed by atoms with Crippen LogP contribution in [-0.4, -0.2) is 39.1 Å². The number of pyridine rings is 1. The van der Waals surface area contributed by atoms with Crippen molar-refractivity contribution >= 4 is 28.8 Å². The number of carbonyl (C=O) groups is 1. The molecule has 0 bridgehead atoms. The van der Waals surface area contributed by atoms with Gasteiger partial charge in [0.15, 0.2) is 5.58 Å². The second-order valence-electron chi connectivity index (χ2n) is 9.01. The molecule has 0 aliphatic carbocycles. The van der Waals surface area contributed by atoms with Gasteiger partial charge in [-0.05, 0) is 30.7 Å². The molecule has 0 radical (unpaired) electrons. The highest BCUT2D eigenvalue weighted by molar-refractivity contribution is 5.87. The minimum absolute atomic E-state index is 0.00909. The Morgan fingerprint density at radius 3 is 2.68 bits per heavy atom. The van der Waals surface area contributed by atoms with Crippen LogP contribution in [0.3, 0.4) is 0 Å². The molecule has 11 nitrogen and oxygen atoms in total. The van der Waals surface area contributed by atoms with Crippen LogP contribution in [0.1, 0.15) is 29.8 Å². The molecule has 14 heteroatoms. The number of alkyl halides is 3. The van der Waals surface area contributed by atoms with Crippen LogP contribution in [0.15, 0.2) is 45.7 Å². The maximum absolute atomic E-state index is 13.7. The number of benzene rings is 1. The van der Waals surface area contributed by atoms with Crippen molar-refractivity contribution in [2.75, 3.05) is 23.3 Å². The average Bonchev–Trinajstić information content (AvgIpc) is 3.24. The Kier molecular flexibility index (Phi) is 5.29. The van der Waals surface area contributed by atoms with Crippen LogP contribution in [-0.2, 0) is 16.5 Å². The molecule has 38 heavy (non-hydrogen) atoms. The zero-order chi connectivity index (χ0) is 26.7. The standard InChI is InChI=1S/C24H19F3N6O5/c1-12-9-13(10-15-18(12)31-21(34)37-15)36-17-11-16(29-20(30-17)24(25,26)27)33-7-4-23(5-8-33)14-3-2-6-28-19(14)32-22(35)38-23/h2-3,6,9-11H,4-5,7-8H2,1H3,(H,31,34)(H,28,32,35). The first kappa shape index (κ1) is 23.8. The zero-order valence-corrected chi connectivity index (χ0v) is 19.8. The summed E-state index contributed by atoms with van der Waals surface area (Å²) in [6.07, 6.45) is -3.29. The summed E-state index contributed by atoms with van der Waals surface area (Å²) in [6, 6.07) is 7.78. The number of ether oxygens (including phenoxy) is 2. The molecule has 6 rings (SSSR count). The topological polar surface area (TPSA) is 135 Å². The molecule has 2 N–H and O–H groups in total. The van der Waals surface area contributed by atoms with E-state index in [0.717, 1.165) is 0 Å². The summed E-state index contributed by atoms with van der Waals surface area (Å²) < 4.78 is 57.5. The number of H-pyrrole nitrogens is 1.